The molecular weight excluding hydrogens is 370 g/mol. The predicted octanol–water partition coefficient (Wildman–Crippen LogP) is 8.96. The van der Waals surface area contributed by atoms with E-state index in [1.165, 1.54) is 53.5 Å². The Morgan fingerprint density at radius 1 is 0.828 bits per heavy atom. The van der Waals surface area contributed by atoms with E-state index < -0.39 is 0 Å². The van der Waals surface area contributed by atoms with Gasteiger partial charge in [-0.3, -0.25) is 0 Å². The zero-order valence-corrected chi connectivity index (χ0v) is 18.4. The molecule has 0 unspecified atom stereocenters. The van der Waals surface area contributed by atoms with Crippen LogP contribution in [0.3, 0.4) is 0 Å². The SMILES string of the molecule is CC.CC/C=C\c1c(C)sc2ccc(-c3ccc4[nH]c5ccccc5c4c3)cc12. The van der Waals surface area contributed by atoms with Gasteiger partial charge in [-0.2, -0.15) is 0 Å². The number of para-hydroxylation sites is 1. The highest BCUT2D eigenvalue weighted by molar-refractivity contribution is 7.19. The minimum absolute atomic E-state index is 1.06. The second-order valence-corrected chi connectivity index (χ2v) is 8.28. The molecular formula is C27H27NS. The van der Waals surface area contributed by atoms with E-state index in [2.05, 4.69) is 91.6 Å². The lowest BCUT2D eigenvalue weighted by atomic mass is 10.00. The number of rotatable bonds is 3. The van der Waals surface area contributed by atoms with Crippen LogP contribution in [0.15, 0.2) is 66.7 Å². The largest absolute Gasteiger partial charge is 0.355 e. The lowest BCUT2D eigenvalue weighted by molar-refractivity contribution is 1.23. The molecule has 5 aromatic rings. The summed E-state index contributed by atoms with van der Waals surface area (Å²) in [6.07, 6.45) is 5.59. The fourth-order valence-electron chi connectivity index (χ4n) is 3.89. The van der Waals surface area contributed by atoms with E-state index in [0.717, 1.165) is 6.42 Å². The Morgan fingerprint density at radius 2 is 1.52 bits per heavy atom. The zero-order valence-electron chi connectivity index (χ0n) is 17.5. The Bertz CT molecular complexity index is 1320. The molecule has 0 saturated carbocycles. The third-order valence-electron chi connectivity index (χ3n) is 5.27. The second kappa shape index (κ2) is 8.26. The van der Waals surface area contributed by atoms with Crippen LogP contribution in [0.25, 0.3) is 49.1 Å². The molecule has 0 saturated heterocycles. The van der Waals surface area contributed by atoms with Crippen LogP contribution in [-0.2, 0) is 0 Å². The average Bonchev–Trinajstić information content (AvgIpc) is 3.29. The highest BCUT2D eigenvalue weighted by Gasteiger charge is 2.10. The van der Waals surface area contributed by atoms with Gasteiger partial charge in [-0.25, -0.2) is 0 Å². The third kappa shape index (κ3) is 3.49. The highest BCUT2D eigenvalue weighted by atomic mass is 32.1. The molecule has 1 nitrogen and oxygen atoms in total. The molecule has 5 rings (SSSR count). The lowest BCUT2D eigenvalue weighted by Crippen LogP contribution is -1.79. The number of aromatic nitrogens is 1. The molecule has 0 spiro atoms. The number of thiophene rings is 1. The van der Waals surface area contributed by atoms with Crippen LogP contribution < -0.4 is 0 Å². The molecule has 3 aromatic carbocycles. The fourth-order valence-corrected chi connectivity index (χ4v) is 4.92. The van der Waals surface area contributed by atoms with Gasteiger partial charge >= 0.3 is 0 Å². The Labute approximate surface area is 176 Å². The van der Waals surface area contributed by atoms with Gasteiger partial charge in [0.15, 0.2) is 0 Å². The molecule has 29 heavy (non-hydrogen) atoms. The normalized spacial score (nSPS) is 11.4. The molecule has 0 radical (unpaired) electrons. The van der Waals surface area contributed by atoms with Gasteiger partial charge in [0.25, 0.3) is 0 Å². The van der Waals surface area contributed by atoms with E-state index >= 15 is 0 Å². The zero-order chi connectivity index (χ0) is 20.4. The summed E-state index contributed by atoms with van der Waals surface area (Å²) in [5, 5.41) is 3.93. The highest BCUT2D eigenvalue weighted by Crippen LogP contribution is 2.36. The Hall–Kier alpha value is -2.84. The van der Waals surface area contributed by atoms with Crippen molar-refractivity contribution in [3.8, 4) is 11.1 Å². The second-order valence-electron chi connectivity index (χ2n) is 7.02. The summed E-state index contributed by atoms with van der Waals surface area (Å²) in [5.41, 5.74) is 6.30. The summed E-state index contributed by atoms with van der Waals surface area (Å²) in [4.78, 5) is 4.90. The third-order valence-corrected chi connectivity index (χ3v) is 6.37. The number of benzene rings is 3. The summed E-state index contributed by atoms with van der Waals surface area (Å²) < 4.78 is 1.36. The maximum absolute atomic E-state index is 3.51. The van der Waals surface area contributed by atoms with Crippen molar-refractivity contribution in [2.24, 2.45) is 0 Å². The number of aromatic amines is 1. The van der Waals surface area contributed by atoms with Crippen LogP contribution in [0, 0.1) is 6.92 Å². The first-order chi connectivity index (χ1) is 14.2. The summed E-state index contributed by atoms with van der Waals surface area (Å²) >= 11 is 1.88. The molecule has 0 amide bonds. The van der Waals surface area contributed by atoms with Crippen LogP contribution in [0.4, 0.5) is 0 Å². The maximum Gasteiger partial charge on any atom is 0.0465 e. The Balaban J connectivity index is 0.000000994. The average molecular weight is 398 g/mol. The Morgan fingerprint density at radius 3 is 2.31 bits per heavy atom. The molecule has 2 heterocycles. The quantitative estimate of drug-likeness (QED) is 0.313. The Kier molecular flexibility index (Phi) is 5.55. The summed E-state index contributed by atoms with van der Waals surface area (Å²) in [6.45, 7) is 8.40. The van der Waals surface area contributed by atoms with Crippen LogP contribution >= 0.6 is 11.3 Å². The molecule has 146 valence electrons. The molecule has 0 atom stereocenters. The van der Waals surface area contributed by atoms with Crippen LogP contribution in [-0.4, -0.2) is 4.98 Å². The van der Waals surface area contributed by atoms with E-state index in [1.54, 1.807) is 0 Å². The number of hydrogen-bond donors (Lipinski definition) is 1. The van der Waals surface area contributed by atoms with E-state index in [9.17, 15) is 0 Å². The number of H-pyrrole nitrogens is 1. The number of aryl methyl sites for hydroxylation is 1. The smallest absolute Gasteiger partial charge is 0.0465 e. The first-order valence-electron chi connectivity index (χ1n) is 10.4. The van der Waals surface area contributed by atoms with Crippen molar-refractivity contribution in [1.82, 2.24) is 4.98 Å². The van der Waals surface area contributed by atoms with Crippen molar-refractivity contribution in [1.29, 1.82) is 0 Å². The van der Waals surface area contributed by atoms with Crippen molar-refractivity contribution in [3.05, 3.63) is 77.2 Å². The first kappa shape index (κ1) is 19.5. The van der Waals surface area contributed by atoms with Gasteiger partial charge in [0.05, 0.1) is 0 Å². The van der Waals surface area contributed by atoms with E-state index in [1.807, 2.05) is 25.2 Å². The lowest BCUT2D eigenvalue weighted by Gasteiger charge is -2.04. The van der Waals surface area contributed by atoms with Crippen molar-refractivity contribution in [2.45, 2.75) is 34.1 Å². The summed E-state index contributed by atoms with van der Waals surface area (Å²) in [7, 11) is 0. The summed E-state index contributed by atoms with van der Waals surface area (Å²) in [6, 6.07) is 22.1. The number of fused-ring (bicyclic) bond motifs is 4. The van der Waals surface area contributed by atoms with Crippen LogP contribution in [0.5, 0.6) is 0 Å². The molecule has 0 fully saturated rings. The minimum Gasteiger partial charge on any atom is -0.355 e. The maximum atomic E-state index is 3.51. The summed E-state index contributed by atoms with van der Waals surface area (Å²) in [5.74, 6) is 0. The fraction of sp³-hybridized carbons (Fsp3) is 0.185. The molecule has 0 aliphatic rings. The van der Waals surface area contributed by atoms with Gasteiger partial charge < -0.3 is 4.98 Å². The molecule has 2 aromatic heterocycles. The predicted molar refractivity (Wildman–Crippen MR) is 132 cm³/mol. The van der Waals surface area contributed by atoms with Crippen molar-refractivity contribution in [3.63, 3.8) is 0 Å². The van der Waals surface area contributed by atoms with Gasteiger partial charge in [-0.1, -0.05) is 63.3 Å². The van der Waals surface area contributed by atoms with Gasteiger partial charge in [0.2, 0.25) is 0 Å². The molecule has 2 heteroatoms. The van der Waals surface area contributed by atoms with Gasteiger partial charge in [0.1, 0.15) is 0 Å². The number of nitrogens with one attached hydrogen (secondary N) is 1. The van der Waals surface area contributed by atoms with Crippen LogP contribution in [0.1, 0.15) is 37.6 Å². The minimum atomic E-state index is 1.06. The van der Waals surface area contributed by atoms with Crippen molar-refractivity contribution in [2.75, 3.05) is 0 Å². The van der Waals surface area contributed by atoms with E-state index in [0.29, 0.717) is 0 Å². The van der Waals surface area contributed by atoms with Gasteiger partial charge in [-0.05, 0) is 60.4 Å². The van der Waals surface area contributed by atoms with E-state index in [4.69, 9.17) is 0 Å². The monoisotopic (exact) mass is 397 g/mol. The first-order valence-corrected chi connectivity index (χ1v) is 11.3. The standard InChI is InChI=1S/C25H21NS.C2H6/c1-3-4-7-19-16(2)27-25-13-11-18(15-22(19)25)17-10-12-24-21(14-17)20-8-5-6-9-23(20)26-24;1-2/h4-15,26H,3H2,1-2H3;1-2H3/b7-4-;. The van der Waals surface area contributed by atoms with E-state index in [-0.39, 0.29) is 0 Å². The van der Waals surface area contributed by atoms with Gasteiger partial charge in [-0.15, -0.1) is 11.3 Å². The molecule has 1 N–H and O–H groups in total. The molecule has 0 bridgehead atoms. The topological polar surface area (TPSA) is 15.8 Å². The van der Waals surface area contributed by atoms with Crippen LogP contribution in [0.2, 0.25) is 0 Å². The van der Waals surface area contributed by atoms with Crippen molar-refractivity contribution < 1.29 is 0 Å². The van der Waals surface area contributed by atoms with Gasteiger partial charge in [0, 0.05) is 36.8 Å². The van der Waals surface area contributed by atoms with Crippen molar-refractivity contribution >= 4 is 49.3 Å². The molecule has 0 aliphatic carbocycles. The number of hydrogen-bond acceptors (Lipinski definition) is 1. The molecule has 0 aliphatic heterocycles. The number of allylic oxidation sites excluding steroid dienone is 1.